The number of carbonyl (C=O) groups is 1. The van der Waals surface area contributed by atoms with Gasteiger partial charge in [-0.1, -0.05) is 35.0 Å². The number of amides is 1. The Kier molecular flexibility index (Phi) is 5.57. The summed E-state index contributed by atoms with van der Waals surface area (Å²) < 4.78 is 6.40. The standard InChI is InChI=1S/C15H20BrNO3/c1-11(12-2-4-13(16)5-3-12)8-15(19)17-6-7-20-14(9-17)10-18/h2-5,11,14,18H,6-10H2,1H3. The van der Waals surface area contributed by atoms with Crippen molar-refractivity contribution in [1.29, 1.82) is 0 Å². The molecular formula is C15H20BrNO3. The van der Waals surface area contributed by atoms with Crippen molar-refractivity contribution in [2.45, 2.75) is 25.4 Å². The van der Waals surface area contributed by atoms with Crippen LogP contribution in [0.1, 0.15) is 24.8 Å². The first-order valence-corrected chi connectivity index (χ1v) is 7.65. The number of rotatable bonds is 4. The molecule has 1 saturated heterocycles. The molecule has 1 aliphatic rings. The maximum absolute atomic E-state index is 12.3. The largest absolute Gasteiger partial charge is 0.394 e. The number of halogens is 1. The number of carbonyl (C=O) groups excluding carboxylic acids is 1. The average Bonchev–Trinajstić information content (AvgIpc) is 2.47. The van der Waals surface area contributed by atoms with Crippen LogP contribution in [0.15, 0.2) is 28.7 Å². The van der Waals surface area contributed by atoms with Crippen LogP contribution >= 0.6 is 15.9 Å². The first-order chi connectivity index (χ1) is 9.60. The highest BCUT2D eigenvalue weighted by atomic mass is 79.9. The third kappa shape index (κ3) is 4.04. The summed E-state index contributed by atoms with van der Waals surface area (Å²) in [6.45, 7) is 3.63. The van der Waals surface area contributed by atoms with Gasteiger partial charge in [0.2, 0.25) is 5.91 Å². The molecule has 1 heterocycles. The second-order valence-electron chi connectivity index (χ2n) is 5.17. The molecule has 1 amide bonds. The third-order valence-electron chi connectivity index (χ3n) is 3.61. The van der Waals surface area contributed by atoms with Gasteiger partial charge in [0.25, 0.3) is 0 Å². The predicted octanol–water partition coefficient (Wildman–Crippen LogP) is 2.16. The van der Waals surface area contributed by atoms with Crippen LogP contribution in [0.3, 0.4) is 0 Å². The van der Waals surface area contributed by atoms with Crippen LogP contribution in [-0.4, -0.2) is 48.3 Å². The van der Waals surface area contributed by atoms with Gasteiger partial charge in [-0.15, -0.1) is 0 Å². The van der Waals surface area contributed by atoms with Gasteiger partial charge in [-0.2, -0.15) is 0 Å². The predicted molar refractivity (Wildman–Crippen MR) is 80.6 cm³/mol. The van der Waals surface area contributed by atoms with Crippen molar-refractivity contribution >= 4 is 21.8 Å². The molecule has 5 heteroatoms. The van der Waals surface area contributed by atoms with Gasteiger partial charge < -0.3 is 14.7 Å². The SMILES string of the molecule is CC(CC(=O)N1CCOC(CO)C1)c1ccc(Br)cc1. The maximum atomic E-state index is 12.3. The van der Waals surface area contributed by atoms with Gasteiger partial charge >= 0.3 is 0 Å². The molecule has 2 rings (SSSR count). The lowest BCUT2D eigenvalue weighted by Crippen LogP contribution is -2.47. The Labute approximate surface area is 127 Å². The quantitative estimate of drug-likeness (QED) is 0.912. The molecule has 1 aromatic rings. The highest BCUT2D eigenvalue weighted by Gasteiger charge is 2.24. The van der Waals surface area contributed by atoms with E-state index in [1.807, 2.05) is 24.3 Å². The van der Waals surface area contributed by atoms with Crippen LogP contribution < -0.4 is 0 Å². The number of aliphatic hydroxyl groups excluding tert-OH is 1. The number of ether oxygens (including phenoxy) is 1. The summed E-state index contributed by atoms with van der Waals surface area (Å²) in [5.74, 6) is 0.313. The minimum atomic E-state index is -0.240. The number of hydrogen-bond acceptors (Lipinski definition) is 3. The normalized spacial score (nSPS) is 20.8. The zero-order chi connectivity index (χ0) is 14.5. The summed E-state index contributed by atoms with van der Waals surface area (Å²) in [6, 6.07) is 8.06. The van der Waals surface area contributed by atoms with Gasteiger partial charge in [-0.3, -0.25) is 4.79 Å². The lowest BCUT2D eigenvalue weighted by Gasteiger charge is -2.32. The Balaban J connectivity index is 1.91. The molecule has 0 radical (unpaired) electrons. The van der Waals surface area contributed by atoms with E-state index in [9.17, 15) is 4.79 Å². The first-order valence-electron chi connectivity index (χ1n) is 6.86. The smallest absolute Gasteiger partial charge is 0.223 e. The van der Waals surface area contributed by atoms with Crippen molar-refractivity contribution in [1.82, 2.24) is 4.90 Å². The van der Waals surface area contributed by atoms with E-state index in [-0.39, 0.29) is 24.5 Å². The lowest BCUT2D eigenvalue weighted by molar-refractivity contribution is -0.140. The first kappa shape index (κ1) is 15.5. The Morgan fingerprint density at radius 1 is 1.50 bits per heavy atom. The van der Waals surface area contributed by atoms with Crippen molar-refractivity contribution in [3.05, 3.63) is 34.3 Å². The van der Waals surface area contributed by atoms with Crippen LogP contribution in [0.2, 0.25) is 0 Å². The minimum Gasteiger partial charge on any atom is -0.394 e. The summed E-state index contributed by atoms with van der Waals surface area (Å²) in [5, 5.41) is 9.11. The van der Waals surface area contributed by atoms with Crippen LogP contribution in [0.4, 0.5) is 0 Å². The van der Waals surface area contributed by atoms with Crippen molar-refractivity contribution in [3.8, 4) is 0 Å². The molecule has 1 fully saturated rings. The summed E-state index contributed by atoms with van der Waals surface area (Å²) >= 11 is 3.41. The molecule has 2 atom stereocenters. The van der Waals surface area contributed by atoms with Gasteiger partial charge in [0.1, 0.15) is 0 Å². The van der Waals surface area contributed by atoms with E-state index in [0.717, 1.165) is 10.0 Å². The molecule has 0 aromatic heterocycles. The minimum absolute atomic E-state index is 0.0357. The Morgan fingerprint density at radius 3 is 2.85 bits per heavy atom. The Morgan fingerprint density at radius 2 is 2.20 bits per heavy atom. The number of benzene rings is 1. The fourth-order valence-corrected chi connectivity index (χ4v) is 2.62. The van der Waals surface area contributed by atoms with Crippen LogP contribution in [0.5, 0.6) is 0 Å². The number of hydrogen-bond donors (Lipinski definition) is 1. The molecule has 0 saturated carbocycles. The van der Waals surface area contributed by atoms with Crippen LogP contribution in [0.25, 0.3) is 0 Å². The lowest BCUT2D eigenvalue weighted by atomic mass is 9.97. The van der Waals surface area contributed by atoms with Gasteiger partial charge in [-0.25, -0.2) is 0 Å². The van der Waals surface area contributed by atoms with Gasteiger partial charge in [-0.05, 0) is 23.6 Å². The zero-order valence-electron chi connectivity index (χ0n) is 11.6. The fourth-order valence-electron chi connectivity index (χ4n) is 2.36. The topological polar surface area (TPSA) is 49.8 Å². The number of morpholine rings is 1. The number of aliphatic hydroxyl groups is 1. The van der Waals surface area contributed by atoms with Crippen LogP contribution in [0, 0.1) is 0 Å². The summed E-state index contributed by atoms with van der Waals surface area (Å²) in [6.07, 6.45) is 0.246. The molecule has 0 spiro atoms. The van der Waals surface area contributed by atoms with Gasteiger partial charge in [0, 0.05) is 24.0 Å². The number of nitrogens with zero attached hydrogens (tertiary/aromatic N) is 1. The molecular weight excluding hydrogens is 322 g/mol. The highest BCUT2D eigenvalue weighted by molar-refractivity contribution is 9.10. The Hall–Kier alpha value is -0.910. The van der Waals surface area contributed by atoms with E-state index in [1.54, 1.807) is 4.90 Å². The van der Waals surface area contributed by atoms with E-state index in [4.69, 9.17) is 9.84 Å². The maximum Gasteiger partial charge on any atom is 0.223 e. The third-order valence-corrected chi connectivity index (χ3v) is 4.14. The van der Waals surface area contributed by atoms with Crippen molar-refractivity contribution in [3.63, 3.8) is 0 Å². The molecule has 4 nitrogen and oxygen atoms in total. The van der Waals surface area contributed by atoms with Crippen LogP contribution in [-0.2, 0) is 9.53 Å². The summed E-state index contributed by atoms with van der Waals surface area (Å²) in [5.41, 5.74) is 1.16. The summed E-state index contributed by atoms with van der Waals surface area (Å²) in [7, 11) is 0. The average molecular weight is 342 g/mol. The monoisotopic (exact) mass is 341 g/mol. The molecule has 1 aliphatic heterocycles. The fraction of sp³-hybridized carbons (Fsp3) is 0.533. The molecule has 2 unspecified atom stereocenters. The molecule has 0 aliphatic carbocycles. The Bertz CT molecular complexity index is 449. The van der Waals surface area contributed by atoms with Crippen molar-refractivity contribution < 1.29 is 14.6 Å². The van der Waals surface area contributed by atoms with Gasteiger partial charge in [0.05, 0.1) is 19.3 Å². The van der Waals surface area contributed by atoms with E-state index in [0.29, 0.717) is 26.1 Å². The van der Waals surface area contributed by atoms with Crippen molar-refractivity contribution in [2.75, 3.05) is 26.3 Å². The van der Waals surface area contributed by atoms with E-state index in [2.05, 4.69) is 22.9 Å². The van der Waals surface area contributed by atoms with Crippen molar-refractivity contribution in [2.24, 2.45) is 0 Å². The molecule has 1 aromatic carbocycles. The zero-order valence-corrected chi connectivity index (χ0v) is 13.2. The molecule has 20 heavy (non-hydrogen) atoms. The second-order valence-corrected chi connectivity index (χ2v) is 6.09. The van der Waals surface area contributed by atoms with E-state index >= 15 is 0 Å². The molecule has 1 N–H and O–H groups in total. The summed E-state index contributed by atoms with van der Waals surface area (Å²) in [4.78, 5) is 14.1. The van der Waals surface area contributed by atoms with Gasteiger partial charge in [0.15, 0.2) is 0 Å². The second kappa shape index (κ2) is 7.20. The highest BCUT2D eigenvalue weighted by Crippen LogP contribution is 2.22. The van der Waals surface area contributed by atoms with E-state index in [1.165, 1.54) is 0 Å². The molecule has 0 bridgehead atoms. The molecule has 110 valence electrons. The van der Waals surface area contributed by atoms with E-state index < -0.39 is 0 Å².